The van der Waals surface area contributed by atoms with Crippen LogP contribution in [0.15, 0.2) is 47.0 Å². The average Bonchev–Trinajstić information content (AvgIpc) is 3.12. The maximum absolute atomic E-state index is 12.4. The fraction of sp³-hybridized carbons (Fsp3) is 0.250. The van der Waals surface area contributed by atoms with E-state index >= 15 is 0 Å². The first-order chi connectivity index (χ1) is 12.9. The summed E-state index contributed by atoms with van der Waals surface area (Å²) < 4.78 is 5.29. The number of anilines is 1. The smallest absolute Gasteiger partial charge is 0.237 e. The summed E-state index contributed by atoms with van der Waals surface area (Å²) in [5, 5.41) is 7.32. The van der Waals surface area contributed by atoms with Crippen LogP contribution < -0.4 is 5.32 Å². The maximum Gasteiger partial charge on any atom is 0.237 e. The van der Waals surface area contributed by atoms with Crippen LogP contribution in [0.1, 0.15) is 23.9 Å². The van der Waals surface area contributed by atoms with Crippen LogP contribution in [0.3, 0.4) is 0 Å². The van der Waals surface area contributed by atoms with E-state index in [1.807, 2.05) is 51.1 Å². The largest absolute Gasteiger partial charge is 0.338 e. The van der Waals surface area contributed by atoms with E-state index in [1.165, 1.54) is 11.8 Å². The third-order valence-electron chi connectivity index (χ3n) is 4.03. The molecule has 0 saturated carbocycles. The van der Waals surface area contributed by atoms with Gasteiger partial charge in [0.05, 0.1) is 11.0 Å². The van der Waals surface area contributed by atoms with Crippen LogP contribution in [0.2, 0.25) is 5.02 Å². The van der Waals surface area contributed by atoms with E-state index in [2.05, 4.69) is 15.5 Å². The van der Waals surface area contributed by atoms with Gasteiger partial charge in [-0.1, -0.05) is 41.0 Å². The Bertz CT molecular complexity index is 958. The quantitative estimate of drug-likeness (QED) is 0.609. The van der Waals surface area contributed by atoms with E-state index in [0.29, 0.717) is 22.5 Å². The van der Waals surface area contributed by atoms with Crippen LogP contribution in [0.5, 0.6) is 0 Å². The first kappa shape index (κ1) is 19.5. The molecule has 0 radical (unpaired) electrons. The number of thioether (sulfide) groups is 1. The number of hydrogen-bond donors (Lipinski definition) is 1. The van der Waals surface area contributed by atoms with Crippen molar-refractivity contribution in [3.63, 3.8) is 0 Å². The summed E-state index contributed by atoms with van der Waals surface area (Å²) in [4.78, 5) is 16.8. The Morgan fingerprint density at radius 2 is 2.07 bits per heavy atom. The van der Waals surface area contributed by atoms with Crippen LogP contribution in [-0.4, -0.2) is 21.3 Å². The number of benzene rings is 2. The molecule has 5 nitrogen and oxygen atoms in total. The summed E-state index contributed by atoms with van der Waals surface area (Å²) in [5.74, 6) is 1.36. The molecule has 0 unspecified atom stereocenters. The molecule has 0 fully saturated rings. The number of nitrogens with zero attached hydrogens (tertiary/aromatic N) is 2. The van der Waals surface area contributed by atoms with E-state index in [9.17, 15) is 4.79 Å². The molecule has 7 heteroatoms. The lowest BCUT2D eigenvalue weighted by Gasteiger charge is -2.13. The Balaban J connectivity index is 1.58. The molecule has 1 N–H and O–H groups in total. The number of nitrogens with one attached hydrogen (secondary N) is 1. The number of rotatable bonds is 6. The Hall–Kier alpha value is -2.31. The van der Waals surface area contributed by atoms with Crippen molar-refractivity contribution in [2.75, 3.05) is 5.32 Å². The molecule has 3 aromatic rings. The molecule has 0 aliphatic carbocycles. The fourth-order valence-electron chi connectivity index (χ4n) is 2.44. The van der Waals surface area contributed by atoms with Crippen LogP contribution in [0, 0.1) is 13.8 Å². The Kier molecular flexibility index (Phi) is 6.19. The van der Waals surface area contributed by atoms with E-state index in [1.54, 1.807) is 12.1 Å². The van der Waals surface area contributed by atoms with E-state index in [0.717, 1.165) is 22.4 Å². The van der Waals surface area contributed by atoms with Gasteiger partial charge in [0.1, 0.15) is 0 Å². The van der Waals surface area contributed by atoms with Gasteiger partial charge < -0.3 is 9.84 Å². The number of carbonyl (C=O) groups excluding carboxylic acids is 1. The monoisotopic (exact) mass is 401 g/mol. The fourth-order valence-corrected chi connectivity index (χ4v) is 3.35. The van der Waals surface area contributed by atoms with E-state index in [4.69, 9.17) is 16.1 Å². The first-order valence-electron chi connectivity index (χ1n) is 8.50. The van der Waals surface area contributed by atoms with E-state index < -0.39 is 0 Å². The van der Waals surface area contributed by atoms with Gasteiger partial charge in [0, 0.05) is 16.3 Å². The number of hydrogen-bond acceptors (Lipinski definition) is 5. The average molecular weight is 402 g/mol. The highest BCUT2D eigenvalue weighted by Crippen LogP contribution is 2.24. The van der Waals surface area contributed by atoms with Gasteiger partial charge in [0.2, 0.25) is 17.6 Å². The number of aromatic nitrogens is 2. The van der Waals surface area contributed by atoms with Crippen LogP contribution in [0.4, 0.5) is 5.69 Å². The van der Waals surface area contributed by atoms with Gasteiger partial charge in [-0.2, -0.15) is 4.98 Å². The number of halogens is 1. The summed E-state index contributed by atoms with van der Waals surface area (Å²) in [6.45, 7) is 5.84. The molecule has 0 aliphatic heterocycles. The van der Waals surface area contributed by atoms with Crippen molar-refractivity contribution in [1.29, 1.82) is 0 Å². The van der Waals surface area contributed by atoms with Crippen molar-refractivity contribution in [3.8, 4) is 11.4 Å². The Morgan fingerprint density at radius 3 is 2.85 bits per heavy atom. The zero-order valence-corrected chi connectivity index (χ0v) is 16.9. The molecule has 27 heavy (non-hydrogen) atoms. The normalized spacial score (nSPS) is 12.0. The molecule has 0 spiro atoms. The maximum atomic E-state index is 12.4. The number of carbonyl (C=O) groups is 1. The molecule has 3 rings (SSSR count). The predicted molar refractivity (Wildman–Crippen MR) is 110 cm³/mol. The standard InChI is InChI=1S/C20H20ClN3O2S/c1-12-7-8-13(2)17(9-12)22-20(25)14(3)27-11-18-23-19(24-26-18)15-5-4-6-16(21)10-15/h4-10,14H,11H2,1-3H3,(H,22,25)/t14-/m1/s1. The Morgan fingerprint density at radius 1 is 1.26 bits per heavy atom. The van der Waals surface area contributed by atoms with Gasteiger partial charge in [-0.05, 0) is 50.1 Å². The van der Waals surface area contributed by atoms with Crippen LogP contribution in [-0.2, 0) is 10.5 Å². The molecule has 140 valence electrons. The highest BCUT2D eigenvalue weighted by atomic mass is 35.5. The first-order valence-corrected chi connectivity index (χ1v) is 9.93. The molecule has 0 saturated heterocycles. The molecule has 0 bridgehead atoms. The lowest BCUT2D eigenvalue weighted by Crippen LogP contribution is -2.23. The summed E-state index contributed by atoms with van der Waals surface area (Å²) in [6.07, 6.45) is 0. The third-order valence-corrected chi connectivity index (χ3v) is 5.39. The molecule has 2 aromatic carbocycles. The molecule has 1 heterocycles. The predicted octanol–water partition coefficient (Wildman–Crippen LogP) is 5.27. The minimum atomic E-state index is -0.258. The van der Waals surface area contributed by atoms with Crippen molar-refractivity contribution >= 4 is 35.0 Å². The molecule has 1 amide bonds. The third kappa shape index (κ3) is 5.11. The zero-order chi connectivity index (χ0) is 19.4. The Labute approximate surface area is 167 Å². The summed E-state index contributed by atoms with van der Waals surface area (Å²) in [7, 11) is 0. The number of amides is 1. The SMILES string of the molecule is Cc1ccc(C)c(NC(=O)[C@@H](C)SCc2nc(-c3cccc(Cl)c3)no2)c1. The molecule has 1 atom stereocenters. The number of aryl methyl sites for hydroxylation is 2. The molecular formula is C20H20ClN3O2S. The lowest BCUT2D eigenvalue weighted by molar-refractivity contribution is -0.115. The summed E-state index contributed by atoms with van der Waals surface area (Å²) in [5.41, 5.74) is 3.78. The van der Waals surface area contributed by atoms with Gasteiger partial charge >= 0.3 is 0 Å². The molecule has 0 aliphatic rings. The lowest BCUT2D eigenvalue weighted by atomic mass is 10.1. The van der Waals surface area contributed by atoms with Crippen LogP contribution >= 0.6 is 23.4 Å². The van der Waals surface area contributed by atoms with E-state index in [-0.39, 0.29) is 11.2 Å². The van der Waals surface area contributed by atoms with Crippen molar-refractivity contribution in [1.82, 2.24) is 10.1 Å². The van der Waals surface area contributed by atoms with Gasteiger partial charge in [-0.15, -0.1) is 11.8 Å². The van der Waals surface area contributed by atoms with Crippen molar-refractivity contribution in [3.05, 3.63) is 64.5 Å². The van der Waals surface area contributed by atoms with Gasteiger partial charge in [-0.3, -0.25) is 4.79 Å². The second-order valence-electron chi connectivity index (χ2n) is 6.28. The molecular weight excluding hydrogens is 382 g/mol. The topological polar surface area (TPSA) is 68.0 Å². The highest BCUT2D eigenvalue weighted by molar-refractivity contribution is 7.99. The van der Waals surface area contributed by atoms with Gasteiger partial charge in [0.15, 0.2) is 0 Å². The minimum Gasteiger partial charge on any atom is -0.338 e. The van der Waals surface area contributed by atoms with Crippen LogP contribution in [0.25, 0.3) is 11.4 Å². The second kappa shape index (κ2) is 8.59. The second-order valence-corrected chi connectivity index (χ2v) is 8.05. The zero-order valence-electron chi connectivity index (χ0n) is 15.3. The van der Waals surface area contributed by atoms with Gasteiger partial charge in [0.25, 0.3) is 0 Å². The highest BCUT2D eigenvalue weighted by Gasteiger charge is 2.17. The van der Waals surface area contributed by atoms with Gasteiger partial charge in [-0.25, -0.2) is 0 Å². The summed E-state index contributed by atoms with van der Waals surface area (Å²) >= 11 is 7.44. The molecule has 1 aromatic heterocycles. The minimum absolute atomic E-state index is 0.0525. The van der Waals surface area contributed by atoms with Crippen molar-refractivity contribution in [2.45, 2.75) is 31.8 Å². The summed E-state index contributed by atoms with van der Waals surface area (Å²) in [6, 6.07) is 13.3. The van der Waals surface area contributed by atoms with Crippen molar-refractivity contribution in [2.24, 2.45) is 0 Å². The van der Waals surface area contributed by atoms with Crippen molar-refractivity contribution < 1.29 is 9.32 Å².